The Morgan fingerprint density at radius 2 is 1.82 bits per heavy atom. The first-order valence-electron chi connectivity index (χ1n) is 11.9. The van der Waals surface area contributed by atoms with Gasteiger partial charge < -0.3 is 29.7 Å². The van der Waals surface area contributed by atoms with Gasteiger partial charge in [0.1, 0.15) is 23.1 Å². The van der Waals surface area contributed by atoms with Crippen LogP contribution in [0.5, 0.6) is 11.5 Å². The summed E-state index contributed by atoms with van der Waals surface area (Å²) in [5.41, 5.74) is 2.72. The van der Waals surface area contributed by atoms with E-state index in [0.717, 1.165) is 11.1 Å². The van der Waals surface area contributed by atoms with Crippen molar-refractivity contribution in [1.29, 1.82) is 0 Å². The Kier molecular flexibility index (Phi) is 6.57. The van der Waals surface area contributed by atoms with Crippen molar-refractivity contribution < 1.29 is 29.0 Å². The summed E-state index contributed by atoms with van der Waals surface area (Å²) in [6.07, 6.45) is 0.615. The first kappa shape index (κ1) is 24.6. The van der Waals surface area contributed by atoms with Crippen LogP contribution in [-0.4, -0.2) is 39.2 Å². The highest BCUT2D eigenvalue weighted by Gasteiger charge is 2.25. The molecule has 2 heterocycles. The number of rotatable bonds is 8. The summed E-state index contributed by atoms with van der Waals surface area (Å²) >= 11 is 0. The normalized spacial score (nSPS) is 12.8. The van der Waals surface area contributed by atoms with E-state index >= 15 is 0 Å². The lowest BCUT2D eigenvalue weighted by Gasteiger charge is -2.19. The molecule has 0 spiro atoms. The summed E-state index contributed by atoms with van der Waals surface area (Å²) in [6.45, 7) is 1.50. The Balaban J connectivity index is 1.32. The predicted octanol–water partition coefficient (Wildman–Crippen LogP) is 4.23. The monoisotopic (exact) mass is 512 g/mol. The third-order valence-electron chi connectivity index (χ3n) is 6.27. The van der Waals surface area contributed by atoms with Crippen LogP contribution in [0.1, 0.15) is 12.5 Å². The van der Waals surface area contributed by atoms with Crippen molar-refractivity contribution in [3.8, 4) is 22.6 Å². The third-order valence-corrected chi connectivity index (χ3v) is 6.27. The van der Waals surface area contributed by atoms with Crippen LogP contribution >= 0.6 is 0 Å². The second-order valence-electron chi connectivity index (χ2n) is 8.91. The zero-order valence-corrected chi connectivity index (χ0v) is 20.3. The average molecular weight is 513 g/mol. The van der Waals surface area contributed by atoms with Crippen molar-refractivity contribution in [2.75, 3.05) is 0 Å². The predicted molar refractivity (Wildman–Crippen MR) is 141 cm³/mol. The summed E-state index contributed by atoms with van der Waals surface area (Å²) in [5, 5.41) is 23.4. The van der Waals surface area contributed by atoms with Gasteiger partial charge in [-0.1, -0.05) is 30.3 Å². The summed E-state index contributed by atoms with van der Waals surface area (Å²) in [4.78, 5) is 40.0. The molecule has 0 unspecified atom stereocenters. The van der Waals surface area contributed by atoms with Crippen LogP contribution in [0.4, 0.5) is 0 Å². The van der Waals surface area contributed by atoms with Gasteiger partial charge in [0.25, 0.3) is 5.91 Å². The Labute approximate surface area is 216 Å². The molecule has 2 aromatic heterocycles. The molecular formula is C29H24N2O7. The van der Waals surface area contributed by atoms with Crippen molar-refractivity contribution in [1.82, 2.24) is 10.3 Å². The number of carbonyl (C=O) groups excluding carboxylic acids is 1. The number of fused-ring (bicyclic) bond motifs is 2. The van der Waals surface area contributed by atoms with Gasteiger partial charge in [0.15, 0.2) is 6.10 Å². The van der Waals surface area contributed by atoms with Gasteiger partial charge in [-0.2, -0.15) is 0 Å². The lowest BCUT2D eigenvalue weighted by atomic mass is 10.0. The van der Waals surface area contributed by atoms with Crippen molar-refractivity contribution in [3.05, 3.63) is 95.0 Å². The van der Waals surface area contributed by atoms with Crippen LogP contribution in [0.3, 0.4) is 0 Å². The lowest BCUT2D eigenvalue weighted by Crippen LogP contribution is -2.47. The maximum atomic E-state index is 12.8. The lowest BCUT2D eigenvalue weighted by molar-refractivity contribution is -0.142. The molecule has 0 aliphatic carbocycles. The second-order valence-corrected chi connectivity index (χ2v) is 8.91. The molecule has 0 aliphatic heterocycles. The van der Waals surface area contributed by atoms with E-state index in [-0.39, 0.29) is 17.9 Å². The van der Waals surface area contributed by atoms with Crippen molar-refractivity contribution in [2.24, 2.45) is 0 Å². The molecule has 2 atom stereocenters. The molecule has 0 saturated heterocycles. The van der Waals surface area contributed by atoms with Crippen molar-refractivity contribution >= 4 is 33.7 Å². The number of carboxylic acid groups (broad SMARTS) is 1. The van der Waals surface area contributed by atoms with E-state index in [9.17, 15) is 24.6 Å². The van der Waals surface area contributed by atoms with Crippen molar-refractivity contribution in [3.63, 3.8) is 0 Å². The zero-order chi connectivity index (χ0) is 26.8. The molecule has 0 radical (unpaired) electrons. The summed E-state index contributed by atoms with van der Waals surface area (Å²) in [5.74, 6) is -1.49. The minimum Gasteiger partial charge on any atom is -0.508 e. The fourth-order valence-electron chi connectivity index (χ4n) is 4.37. The number of nitrogens with one attached hydrogen (secondary N) is 2. The molecule has 1 amide bonds. The van der Waals surface area contributed by atoms with E-state index in [0.29, 0.717) is 27.5 Å². The molecule has 4 N–H and O–H groups in total. The van der Waals surface area contributed by atoms with Crippen LogP contribution in [0.2, 0.25) is 0 Å². The topological polar surface area (TPSA) is 142 Å². The van der Waals surface area contributed by atoms with E-state index in [4.69, 9.17) is 9.15 Å². The maximum Gasteiger partial charge on any atom is 0.336 e. The number of phenolic OH excluding ortho intramolecular Hbond substituents is 1. The number of amides is 1. The quantitative estimate of drug-likeness (QED) is 0.228. The standard InChI is InChI=1S/C29H24N2O7/c1-16(28(34)31-25(29(35)36)11-18-15-30-24-10-7-19(32)12-23(18)24)37-20-8-9-21-22(17-5-3-2-4-6-17)14-27(33)38-26(21)13-20/h2-10,12-16,25,30,32H,11H2,1H3,(H,31,34)(H,35,36)/t16-,25+/m1/s1. The number of carbonyl (C=O) groups is 2. The largest absolute Gasteiger partial charge is 0.508 e. The number of aromatic hydroxyl groups is 1. The minimum absolute atomic E-state index is 0.000636. The number of aliphatic carboxylic acids is 1. The van der Waals surface area contributed by atoms with Gasteiger partial charge in [-0.25, -0.2) is 9.59 Å². The summed E-state index contributed by atoms with van der Waals surface area (Å²) in [7, 11) is 0. The van der Waals surface area contributed by atoms with E-state index in [2.05, 4.69) is 10.3 Å². The van der Waals surface area contributed by atoms with E-state index in [1.807, 2.05) is 30.3 Å². The van der Waals surface area contributed by atoms with Crippen LogP contribution in [0.25, 0.3) is 33.0 Å². The summed E-state index contributed by atoms with van der Waals surface area (Å²) in [6, 6.07) is 19.3. The smallest absolute Gasteiger partial charge is 0.336 e. The highest BCUT2D eigenvalue weighted by atomic mass is 16.5. The highest BCUT2D eigenvalue weighted by Crippen LogP contribution is 2.30. The third kappa shape index (κ3) is 5.08. The number of hydrogen-bond acceptors (Lipinski definition) is 6. The number of H-pyrrole nitrogens is 1. The molecule has 0 saturated carbocycles. The second kappa shape index (κ2) is 10.1. The van der Waals surface area contributed by atoms with E-state index in [1.165, 1.54) is 31.2 Å². The Morgan fingerprint density at radius 3 is 2.58 bits per heavy atom. The van der Waals surface area contributed by atoms with Gasteiger partial charge in [0.2, 0.25) is 0 Å². The van der Waals surface area contributed by atoms with Gasteiger partial charge in [-0.3, -0.25) is 4.79 Å². The first-order chi connectivity index (χ1) is 18.3. The van der Waals surface area contributed by atoms with Crippen molar-refractivity contribution in [2.45, 2.75) is 25.5 Å². The fraction of sp³-hybridized carbons (Fsp3) is 0.138. The van der Waals surface area contributed by atoms with E-state index in [1.54, 1.807) is 24.4 Å². The number of benzene rings is 3. The maximum absolute atomic E-state index is 12.8. The molecule has 5 rings (SSSR count). The Morgan fingerprint density at radius 1 is 1.03 bits per heavy atom. The van der Waals surface area contributed by atoms with Crippen LogP contribution in [-0.2, 0) is 16.0 Å². The molecular weight excluding hydrogens is 488 g/mol. The molecule has 9 nitrogen and oxygen atoms in total. The Hall–Kier alpha value is -5.05. The van der Waals surface area contributed by atoms with Gasteiger partial charge in [-0.15, -0.1) is 0 Å². The molecule has 5 aromatic rings. The number of carboxylic acids is 1. The number of ether oxygens (including phenoxy) is 1. The number of phenols is 1. The summed E-state index contributed by atoms with van der Waals surface area (Å²) < 4.78 is 11.1. The molecule has 0 bridgehead atoms. The molecule has 38 heavy (non-hydrogen) atoms. The first-order valence-corrected chi connectivity index (χ1v) is 11.9. The van der Waals surface area contributed by atoms with E-state index < -0.39 is 29.6 Å². The number of aromatic nitrogens is 1. The van der Waals surface area contributed by atoms with Crippen LogP contribution < -0.4 is 15.7 Å². The van der Waals surface area contributed by atoms with Crippen LogP contribution in [0.15, 0.2) is 88.2 Å². The Bertz CT molecular complexity index is 1710. The molecule has 3 aromatic carbocycles. The van der Waals surface area contributed by atoms with Gasteiger partial charge in [-0.05, 0) is 53.9 Å². The SMILES string of the molecule is C[C@@H](Oc1ccc2c(-c3ccccc3)cc(=O)oc2c1)C(=O)N[C@@H](Cc1c[nH]c2ccc(O)cc12)C(=O)O. The molecule has 9 heteroatoms. The van der Waals surface area contributed by atoms with Gasteiger partial charge in [0, 0.05) is 41.0 Å². The van der Waals surface area contributed by atoms with Gasteiger partial charge in [0.05, 0.1) is 0 Å². The molecule has 192 valence electrons. The number of aromatic amines is 1. The number of hydrogen-bond donors (Lipinski definition) is 4. The fourth-order valence-corrected chi connectivity index (χ4v) is 4.37. The molecule has 0 aliphatic rings. The molecule has 0 fully saturated rings. The zero-order valence-electron chi connectivity index (χ0n) is 20.3. The average Bonchev–Trinajstić information content (AvgIpc) is 3.29. The minimum atomic E-state index is -1.22. The van der Waals surface area contributed by atoms with Crippen LogP contribution in [0, 0.1) is 0 Å². The van der Waals surface area contributed by atoms with Gasteiger partial charge >= 0.3 is 11.6 Å². The highest BCUT2D eigenvalue weighted by molar-refractivity contribution is 5.94.